The van der Waals surface area contributed by atoms with Crippen molar-refractivity contribution < 1.29 is 9.59 Å². The molecule has 1 aliphatic heterocycles. The van der Waals surface area contributed by atoms with Gasteiger partial charge in [0, 0.05) is 0 Å². The van der Waals surface area contributed by atoms with Crippen LogP contribution in [-0.4, -0.2) is 26.9 Å². The van der Waals surface area contributed by atoms with Crippen LogP contribution in [0.4, 0.5) is 0 Å². The molecule has 0 radical (unpaired) electrons. The Labute approximate surface area is 139 Å². The van der Waals surface area contributed by atoms with Crippen molar-refractivity contribution in [2.45, 2.75) is 46.6 Å². The van der Waals surface area contributed by atoms with Crippen molar-refractivity contribution in [2.75, 3.05) is 0 Å². The molecule has 0 unspecified atom stereocenters. The second-order valence-electron chi connectivity index (χ2n) is 7.00. The van der Waals surface area contributed by atoms with Gasteiger partial charge in [0.15, 0.2) is 0 Å². The van der Waals surface area contributed by atoms with E-state index in [4.69, 9.17) is 0 Å². The third-order valence-corrected chi connectivity index (χ3v) is 6.68. The van der Waals surface area contributed by atoms with Gasteiger partial charge in [-0.25, -0.2) is 0 Å². The Morgan fingerprint density at radius 1 is 1.09 bits per heavy atom. The summed E-state index contributed by atoms with van der Waals surface area (Å²) in [7, 11) is 0. The standard InChI is InChI=1S/C17H21N3O2S/c1-4-11-18-19-12(23-11)7-20-16(21)14-9-5-6-10(13(9)8(2)3)15(14)17(20)22/h9-10,14-15H,4-7H2,1-3H3/t9-,10+,14+,15-. The lowest BCUT2D eigenvalue weighted by Crippen LogP contribution is -2.32. The normalized spacial score (nSPS) is 32.1. The molecule has 2 amide bonds. The summed E-state index contributed by atoms with van der Waals surface area (Å²) in [5.74, 6) is 0.363. The van der Waals surface area contributed by atoms with E-state index in [1.54, 1.807) is 0 Å². The van der Waals surface area contributed by atoms with Crippen molar-refractivity contribution in [3.05, 3.63) is 21.2 Å². The van der Waals surface area contributed by atoms with E-state index in [1.165, 1.54) is 27.4 Å². The Bertz CT molecular complexity index is 687. The lowest BCUT2D eigenvalue weighted by molar-refractivity contribution is -0.141. The molecule has 0 spiro atoms. The number of rotatable bonds is 3. The molecular weight excluding hydrogens is 310 g/mol. The molecule has 23 heavy (non-hydrogen) atoms. The maximum atomic E-state index is 12.9. The third-order valence-electron chi connectivity index (χ3n) is 5.63. The van der Waals surface area contributed by atoms with Gasteiger partial charge in [-0.3, -0.25) is 14.5 Å². The number of likely N-dealkylation sites (tertiary alicyclic amines) is 1. The first-order valence-corrected chi connectivity index (χ1v) is 9.18. The lowest BCUT2D eigenvalue weighted by Gasteiger charge is -2.18. The lowest BCUT2D eigenvalue weighted by atomic mass is 9.81. The molecule has 122 valence electrons. The van der Waals surface area contributed by atoms with E-state index in [2.05, 4.69) is 24.0 Å². The summed E-state index contributed by atoms with van der Waals surface area (Å²) in [5.41, 5.74) is 2.70. The van der Waals surface area contributed by atoms with Crippen LogP contribution in [-0.2, 0) is 22.6 Å². The average Bonchev–Trinajstić information content (AvgIpc) is 3.26. The summed E-state index contributed by atoms with van der Waals surface area (Å²) in [5, 5.41) is 9.92. The summed E-state index contributed by atoms with van der Waals surface area (Å²) >= 11 is 1.50. The number of hydrogen-bond acceptors (Lipinski definition) is 5. The summed E-state index contributed by atoms with van der Waals surface area (Å²) in [6.45, 7) is 6.55. The zero-order valence-electron chi connectivity index (χ0n) is 13.7. The number of nitrogens with zero attached hydrogens (tertiary/aromatic N) is 3. The molecule has 3 aliphatic rings. The highest BCUT2D eigenvalue weighted by molar-refractivity contribution is 7.11. The number of imide groups is 1. The molecule has 2 aliphatic carbocycles. The van der Waals surface area contributed by atoms with Crippen LogP contribution in [0.25, 0.3) is 0 Å². The molecule has 5 nitrogen and oxygen atoms in total. The highest BCUT2D eigenvalue weighted by Crippen LogP contribution is 2.60. The number of carbonyl (C=O) groups is 2. The molecule has 0 N–H and O–H groups in total. The zero-order chi connectivity index (χ0) is 16.3. The molecule has 2 bridgehead atoms. The van der Waals surface area contributed by atoms with Crippen molar-refractivity contribution >= 4 is 23.2 Å². The van der Waals surface area contributed by atoms with E-state index >= 15 is 0 Å². The van der Waals surface area contributed by atoms with Crippen LogP contribution in [0, 0.1) is 23.7 Å². The Morgan fingerprint density at radius 2 is 1.65 bits per heavy atom. The van der Waals surface area contributed by atoms with Gasteiger partial charge in [0.2, 0.25) is 11.8 Å². The highest BCUT2D eigenvalue weighted by atomic mass is 32.1. The number of carbonyl (C=O) groups excluding carboxylic acids is 2. The summed E-state index contributed by atoms with van der Waals surface area (Å²) in [6.07, 6.45) is 2.94. The second kappa shape index (κ2) is 5.23. The second-order valence-corrected chi connectivity index (χ2v) is 8.15. The molecule has 1 aromatic heterocycles. The maximum Gasteiger partial charge on any atom is 0.234 e. The Hall–Kier alpha value is -1.56. The average molecular weight is 331 g/mol. The van der Waals surface area contributed by atoms with Crippen LogP contribution in [0.2, 0.25) is 0 Å². The predicted molar refractivity (Wildman–Crippen MR) is 86.4 cm³/mol. The van der Waals surface area contributed by atoms with Gasteiger partial charge in [-0.2, -0.15) is 0 Å². The fourth-order valence-corrected chi connectivity index (χ4v) is 5.61. The van der Waals surface area contributed by atoms with Gasteiger partial charge < -0.3 is 0 Å². The molecule has 2 heterocycles. The molecule has 1 aromatic rings. The Kier molecular flexibility index (Phi) is 3.41. The van der Waals surface area contributed by atoms with E-state index < -0.39 is 0 Å². The first-order chi connectivity index (χ1) is 11.0. The SMILES string of the molecule is CCc1nnc(CN2C(=O)[C@@H]3[C@H](C2=O)[C@H]2CC[C@@H]3C2=C(C)C)s1. The quantitative estimate of drug-likeness (QED) is 0.631. The van der Waals surface area contributed by atoms with Crippen LogP contribution < -0.4 is 0 Å². The van der Waals surface area contributed by atoms with Gasteiger partial charge in [0.1, 0.15) is 10.0 Å². The van der Waals surface area contributed by atoms with Crippen LogP contribution in [0.1, 0.15) is 43.6 Å². The fourth-order valence-electron chi connectivity index (χ4n) is 4.84. The Balaban J connectivity index is 1.61. The van der Waals surface area contributed by atoms with E-state index in [0.717, 1.165) is 29.3 Å². The van der Waals surface area contributed by atoms with E-state index in [-0.39, 0.29) is 35.5 Å². The third kappa shape index (κ3) is 2.04. The van der Waals surface area contributed by atoms with Gasteiger partial charge in [0.25, 0.3) is 0 Å². The van der Waals surface area contributed by atoms with Gasteiger partial charge in [0.05, 0.1) is 18.4 Å². The van der Waals surface area contributed by atoms with Gasteiger partial charge >= 0.3 is 0 Å². The van der Waals surface area contributed by atoms with Gasteiger partial charge in [-0.1, -0.05) is 29.4 Å². The van der Waals surface area contributed by atoms with Crippen molar-refractivity contribution in [3.8, 4) is 0 Å². The highest BCUT2D eigenvalue weighted by Gasteiger charge is 2.63. The summed E-state index contributed by atoms with van der Waals surface area (Å²) in [6, 6.07) is 0. The largest absolute Gasteiger partial charge is 0.275 e. The van der Waals surface area contributed by atoms with Crippen molar-refractivity contribution in [3.63, 3.8) is 0 Å². The van der Waals surface area contributed by atoms with E-state index in [0.29, 0.717) is 6.54 Å². The molecule has 0 aromatic carbocycles. The summed E-state index contributed by atoms with van der Waals surface area (Å²) < 4.78 is 0. The molecule has 4 rings (SSSR count). The minimum atomic E-state index is -0.121. The number of hydrogen-bond donors (Lipinski definition) is 0. The number of aromatic nitrogens is 2. The zero-order valence-corrected chi connectivity index (χ0v) is 14.5. The van der Waals surface area contributed by atoms with Crippen LogP contribution in [0.5, 0.6) is 0 Å². The number of amides is 2. The summed E-state index contributed by atoms with van der Waals surface area (Å²) in [4.78, 5) is 27.2. The van der Waals surface area contributed by atoms with Gasteiger partial charge in [-0.15, -0.1) is 10.2 Å². The minimum absolute atomic E-state index is 0.0131. The number of aryl methyl sites for hydroxylation is 1. The molecule has 2 saturated carbocycles. The molecule has 1 saturated heterocycles. The monoisotopic (exact) mass is 331 g/mol. The van der Waals surface area contributed by atoms with Crippen molar-refractivity contribution in [2.24, 2.45) is 23.7 Å². The predicted octanol–water partition coefficient (Wildman–Crippen LogP) is 2.58. The van der Waals surface area contributed by atoms with Crippen LogP contribution >= 0.6 is 11.3 Å². The van der Waals surface area contributed by atoms with Gasteiger partial charge in [-0.05, 0) is 44.9 Å². The first-order valence-electron chi connectivity index (χ1n) is 8.36. The molecule has 4 atom stereocenters. The number of fused-ring (bicyclic) bond motifs is 5. The van der Waals surface area contributed by atoms with Crippen molar-refractivity contribution in [1.29, 1.82) is 0 Å². The van der Waals surface area contributed by atoms with E-state index in [1.807, 2.05) is 6.92 Å². The van der Waals surface area contributed by atoms with E-state index in [9.17, 15) is 9.59 Å². The number of allylic oxidation sites excluding steroid dienone is 2. The Morgan fingerprint density at radius 3 is 2.13 bits per heavy atom. The topological polar surface area (TPSA) is 63.2 Å². The maximum absolute atomic E-state index is 12.9. The molecular formula is C17H21N3O2S. The first kappa shape index (κ1) is 15.0. The molecule has 3 fully saturated rings. The van der Waals surface area contributed by atoms with Crippen LogP contribution in [0.15, 0.2) is 11.1 Å². The molecule has 6 heteroatoms. The smallest absolute Gasteiger partial charge is 0.234 e. The van der Waals surface area contributed by atoms with Crippen LogP contribution in [0.3, 0.4) is 0 Å². The van der Waals surface area contributed by atoms with Crippen molar-refractivity contribution in [1.82, 2.24) is 15.1 Å². The fraction of sp³-hybridized carbons (Fsp3) is 0.647. The minimum Gasteiger partial charge on any atom is -0.275 e.